The average molecular weight is 299 g/mol. The molecule has 6 nitrogen and oxygen atoms in total. The third kappa shape index (κ3) is 3.56. The van der Waals surface area contributed by atoms with E-state index >= 15 is 0 Å². The van der Waals surface area contributed by atoms with Gasteiger partial charge in [-0.25, -0.2) is 13.6 Å². The number of anilines is 1. The van der Waals surface area contributed by atoms with Crippen molar-refractivity contribution in [2.24, 2.45) is 16.3 Å². The molecule has 0 saturated heterocycles. The number of hydrogen-bond donors (Lipinski definition) is 3. The maximum Gasteiger partial charge on any atom is 0.238 e. The van der Waals surface area contributed by atoms with Gasteiger partial charge in [0, 0.05) is 12.2 Å². The Morgan fingerprint density at radius 3 is 2.30 bits per heavy atom. The minimum Gasteiger partial charge on any atom is -0.329 e. The van der Waals surface area contributed by atoms with E-state index < -0.39 is 15.4 Å². The maximum atomic E-state index is 12.1. The van der Waals surface area contributed by atoms with Crippen LogP contribution in [0.25, 0.3) is 0 Å². The van der Waals surface area contributed by atoms with Crippen molar-refractivity contribution in [3.8, 4) is 0 Å². The lowest BCUT2D eigenvalue weighted by atomic mass is 9.92. The molecule has 7 heteroatoms. The second-order valence-corrected chi connectivity index (χ2v) is 7.06. The van der Waals surface area contributed by atoms with Gasteiger partial charge in [-0.1, -0.05) is 0 Å². The normalized spacial score (nSPS) is 12.3. The summed E-state index contributed by atoms with van der Waals surface area (Å²) < 4.78 is 22.9. The van der Waals surface area contributed by atoms with E-state index in [-0.39, 0.29) is 17.3 Å². The summed E-state index contributed by atoms with van der Waals surface area (Å²) in [7, 11) is -3.82. The number of amides is 1. The molecule has 0 heterocycles. The van der Waals surface area contributed by atoms with Gasteiger partial charge in [-0.2, -0.15) is 0 Å². The Morgan fingerprint density at radius 1 is 1.30 bits per heavy atom. The van der Waals surface area contributed by atoms with Crippen molar-refractivity contribution in [3.63, 3.8) is 0 Å². The Morgan fingerprint density at radius 2 is 1.85 bits per heavy atom. The quantitative estimate of drug-likeness (QED) is 0.765. The zero-order chi connectivity index (χ0) is 15.7. The second kappa shape index (κ2) is 5.51. The molecule has 0 aliphatic heterocycles. The summed E-state index contributed by atoms with van der Waals surface area (Å²) in [6.07, 6.45) is 0. The van der Waals surface area contributed by atoms with Crippen LogP contribution in [0.15, 0.2) is 17.0 Å². The lowest BCUT2D eigenvalue weighted by Gasteiger charge is -2.22. The van der Waals surface area contributed by atoms with Gasteiger partial charge in [-0.05, 0) is 51.0 Å². The molecule has 1 aromatic carbocycles. The van der Waals surface area contributed by atoms with Crippen molar-refractivity contribution in [2.45, 2.75) is 32.6 Å². The van der Waals surface area contributed by atoms with Gasteiger partial charge in [0.05, 0.1) is 10.3 Å². The van der Waals surface area contributed by atoms with Crippen LogP contribution in [-0.2, 0) is 14.8 Å². The highest BCUT2D eigenvalue weighted by Gasteiger charge is 2.26. The predicted octanol–water partition coefficient (Wildman–Crippen LogP) is 0.874. The first-order valence-corrected chi connectivity index (χ1v) is 7.69. The molecule has 0 fully saturated rings. The molecular weight excluding hydrogens is 278 g/mol. The van der Waals surface area contributed by atoms with Gasteiger partial charge in [-0.3, -0.25) is 4.79 Å². The topological polar surface area (TPSA) is 115 Å². The summed E-state index contributed by atoms with van der Waals surface area (Å²) in [4.78, 5) is 12.1. The fraction of sp³-hybridized carbons (Fsp3) is 0.462. The number of nitrogens with one attached hydrogen (secondary N) is 1. The minimum absolute atomic E-state index is 0.0264. The first kappa shape index (κ1) is 16.6. The van der Waals surface area contributed by atoms with Crippen molar-refractivity contribution in [3.05, 3.63) is 23.3 Å². The van der Waals surface area contributed by atoms with Gasteiger partial charge in [0.25, 0.3) is 0 Å². The minimum atomic E-state index is -3.82. The number of sulfonamides is 1. The number of carbonyl (C=O) groups excluding carboxylic acids is 1. The van der Waals surface area contributed by atoms with E-state index in [4.69, 9.17) is 10.9 Å². The van der Waals surface area contributed by atoms with Crippen LogP contribution in [0.1, 0.15) is 25.0 Å². The molecule has 112 valence electrons. The highest BCUT2D eigenvalue weighted by Crippen LogP contribution is 2.25. The molecule has 0 radical (unpaired) electrons. The van der Waals surface area contributed by atoms with Gasteiger partial charge in [0.2, 0.25) is 15.9 Å². The fourth-order valence-electron chi connectivity index (χ4n) is 1.50. The number of rotatable bonds is 4. The molecule has 0 aromatic heterocycles. The van der Waals surface area contributed by atoms with Gasteiger partial charge < -0.3 is 11.1 Å². The number of benzene rings is 1. The maximum absolute atomic E-state index is 12.1. The van der Waals surface area contributed by atoms with E-state index in [0.717, 1.165) is 11.1 Å². The summed E-state index contributed by atoms with van der Waals surface area (Å²) in [5.74, 6) is -0.269. The van der Waals surface area contributed by atoms with Gasteiger partial charge >= 0.3 is 0 Å². The van der Waals surface area contributed by atoms with E-state index in [1.165, 1.54) is 12.1 Å². The lowest BCUT2D eigenvalue weighted by molar-refractivity contribution is -0.123. The summed E-state index contributed by atoms with van der Waals surface area (Å²) >= 11 is 0. The number of carbonyl (C=O) groups is 1. The fourth-order valence-corrected chi connectivity index (χ4v) is 2.13. The molecule has 0 saturated carbocycles. The van der Waals surface area contributed by atoms with Gasteiger partial charge in [0.15, 0.2) is 0 Å². The SMILES string of the molecule is Cc1cc(S(N)(=O)=O)cc(NC(=O)C(C)(C)CN)c1C. The Balaban J connectivity index is 3.26. The highest BCUT2D eigenvalue weighted by molar-refractivity contribution is 7.89. The monoisotopic (exact) mass is 299 g/mol. The van der Waals surface area contributed by atoms with Crippen molar-refractivity contribution >= 4 is 21.6 Å². The van der Waals surface area contributed by atoms with Crippen LogP contribution in [0.5, 0.6) is 0 Å². The number of aryl methyl sites for hydroxylation is 1. The number of nitrogens with two attached hydrogens (primary N) is 2. The van der Waals surface area contributed by atoms with E-state index in [1.807, 2.05) is 0 Å². The third-order valence-electron chi connectivity index (χ3n) is 3.34. The molecule has 0 aliphatic rings. The van der Waals surface area contributed by atoms with Crippen LogP contribution >= 0.6 is 0 Å². The average Bonchev–Trinajstić information content (AvgIpc) is 2.33. The largest absolute Gasteiger partial charge is 0.329 e. The van der Waals surface area contributed by atoms with Gasteiger partial charge in [0.1, 0.15) is 0 Å². The number of primary sulfonamides is 1. The van der Waals surface area contributed by atoms with Crippen molar-refractivity contribution in [1.29, 1.82) is 0 Å². The van der Waals surface area contributed by atoms with Crippen molar-refractivity contribution in [2.75, 3.05) is 11.9 Å². The first-order chi connectivity index (χ1) is 8.99. The molecule has 1 amide bonds. The Bertz CT molecular complexity index is 637. The van der Waals surface area contributed by atoms with E-state index in [2.05, 4.69) is 5.32 Å². The van der Waals surface area contributed by atoms with Crippen LogP contribution in [-0.4, -0.2) is 20.9 Å². The van der Waals surface area contributed by atoms with Gasteiger partial charge in [-0.15, -0.1) is 0 Å². The zero-order valence-electron chi connectivity index (χ0n) is 12.1. The standard InChI is InChI=1S/C13H21N3O3S/c1-8-5-10(20(15,18)19)6-11(9(8)2)16-12(17)13(3,4)7-14/h5-6H,7,14H2,1-4H3,(H,16,17)(H2,15,18,19). The molecule has 0 unspecified atom stereocenters. The smallest absolute Gasteiger partial charge is 0.238 e. The summed E-state index contributed by atoms with van der Waals surface area (Å²) in [5.41, 5.74) is 6.77. The summed E-state index contributed by atoms with van der Waals surface area (Å²) in [6.45, 7) is 7.18. The molecule has 0 bridgehead atoms. The summed E-state index contributed by atoms with van der Waals surface area (Å²) in [6, 6.07) is 2.84. The van der Waals surface area contributed by atoms with E-state index in [1.54, 1.807) is 27.7 Å². The predicted molar refractivity (Wildman–Crippen MR) is 78.8 cm³/mol. The van der Waals surface area contributed by atoms with E-state index in [0.29, 0.717) is 5.69 Å². The lowest BCUT2D eigenvalue weighted by Crippen LogP contribution is -2.37. The molecular formula is C13H21N3O3S. The van der Waals surface area contributed by atoms with Crippen LogP contribution in [0.4, 0.5) is 5.69 Å². The van der Waals surface area contributed by atoms with Crippen molar-refractivity contribution in [1.82, 2.24) is 0 Å². The Hall–Kier alpha value is -1.44. The zero-order valence-corrected chi connectivity index (χ0v) is 13.0. The molecule has 0 atom stereocenters. The first-order valence-electron chi connectivity index (χ1n) is 6.14. The summed E-state index contributed by atoms with van der Waals surface area (Å²) in [5, 5.41) is 7.84. The molecule has 20 heavy (non-hydrogen) atoms. The van der Waals surface area contributed by atoms with E-state index in [9.17, 15) is 13.2 Å². The third-order valence-corrected chi connectivity index (χ3v) is 4.24. The second-order valence-electron chi connectivity index (χ2n) is 5.50. The van der Waals surface area contributed by atoms with Crippen LogP contribution in [0.2, 0.25) is 0 Å². The molecule has 1 rings (SSSR count). The highest BCUT2D eigenvalue weighted by atomic mass is 32.2. The molecule has 0 aliphatic carbocycles. The molecule has 0 spiro atoms. The van der Waals surface area contributed by atoms with Crippen molar-refractivity contribution < 1.29 is 13.2 Å². The Labute approximate surface area is 119 Å². The molecule has 1 aromatic rings. The molecule has 5 N–H and O–H groups in total. The van der Waals surface area contributed by atoms with Crippen LogP contribution in [0.3, 0.4) is 0 Å². The van der Waals surface area contributed by atoms with Crippen LogP contribution in [0, 0.1) is 19.3 Å². The Kier molecular flexibility index (Phi) is 4.58. The van der Waals surface area contributed by atoms with Crippen LogP contribution < -0.4 is 16.2 Å². The number of hydrogen-bond acceptors (Lipinski definition) is 4.